The first-order valence-corrected chi connectivity index (χ1v) is 5.53. The zero-order valence-corrected chi connectivity index (χ0v) is 10.1. The molecule has 0 saturated heterocycles. The molecular weight excluding hydrogens is 200 g/mol. The van der Waals surface area contributed by atoms with Crippen LogP contribution in [0.2, 0.25) is 0 Å². The van der Waals surface area contributed by atoms with E-state index in [9.17, 15) is 5.11 Å². The Kier molecular flexibility index (Phi) is 4.56. The molecule has 0 heterocycles. The van der Waals surface area contributed by atoms with Gasteiger partial charge in [0.1, 0.15) is 5.75 Å². The van der Waals surface area contributed by atoms with Crippen LogP contribution in [0.1, 0.15) is 25.3 Å². The van der Waals surface area contributed by atoms with Crippen LogP contribution in [-0.4, -0.2) is 17.8 Å². The zero-order valence-electron chi connectivity index (χ0n) is 10.1. The Bertz CT molecular complexity index is 325. The van der Waals surface area contributed by atoms with Gasteiger partial charge in [0.25, 0.3) is 0 Å². The molecule has 0 aliphatic rings. The lowest BCUT2D eigenvalue weighted by Crippen LogP contribution is -2.23. The minimum absolute atomic E-state index is 0.628. The van der Waals surface area contributed by atoms with Crippen LogP contribution >= 0.6 is 0 Å². The smallest absolute Gasteiger partial charge is 0.118 e. The number of hydrogen-bond acceptors (Lipinski definition) is 2. The third-order valence-electron chi connectivity index (χ3n) is 2.70. The minimum atomic E-state index is -0.651. The summed E-state index contributed by atoms with van der Waals surface area (Å²) in [5.74, 6) is 0.863. The molecule has 0 amide bonds. The molecule has 1 aromatic rings. The number of aryl methyl sites for hydroxylation is 1. The lowest BCUT2D eigenvalue weighted by Gasteiger charge is -2.21. The van der Waals surface area contributed by atoms with Crippen LogP contribution in [0.15, 0.2) is 36.9 Å². The van der Waals surface area contributed by atoms with Crippen molar-refractivity contribution in [2.75, 3.05) is 7.11 Å². The van der Waals surface area contributed by atoms with Gasteiger partial charge in [-0.15, -0.1) is 6.58 Å². The molecule has 1 N–H and O–H groups in total. The number of rotatable bonds is 6. The maximum atomic E-state index is 9.98. The predicted molar refractivity (Wildman–Crippen MR) is 66.8 cm³/mol. The fraction of sp³-hybridized carbons (Fsp3) is 0.429. The van der Waals surface area contributed by atoms with Crippen molar-refractivity contribution in [2.24, 2.45) is 0 Å². The Morgan fingerprint density at radius 1 is 1.38 bits per heavy atom. The molecule has 0 radical (unpaired) electrons. The third-order valence-corrected chi connectivity index (χ3v) is 2.70. The van der Waals surface area contributed by atoms with Crippen LogP contribution in [0.25, 0.3) is 0 Å². The monoisotopic (exact) mass is 220 g/mol. The number of benzene rings is 1. The van der Waals surface area contributed by atoms with Gasteiger partial charge >= 0.3 is 0 Å². The second kappa shape index (κ2) is 5.71. The standard InChI is InChI=1S/C14H20O2/c1-4-10-14(2,15)11-9-12-5-7-13(16-3)8-6-12/h4-8,15H,1,9-11H2,2-3H3. The number of ether oxygens (including phenoxy) is 1. The normalized spacial score (nSPS) is 14.2. The van der Waals surface area contributed by atoms with E-state index >= 15 is 0 Å². The average molecular weight is 220 g/mol. The molecular formula is C14H20O2. The number of methoxy groups -OCH3 is 1. The fourth-order valence-electron chi connectivity index (χ4n) is 1.62. The van der Waals surface area contributed by atoms with Crippen LogP contribution in [-0.2, 0) is 6.42 Å². The van der Waals surface area contributed by atoms with Gasteiger partial charge in [-0.2, -0.15) is 0 Å². The highest BCUT2D eigenvalue weighted by Crippen LogP contribution is 2.19. The van der Waals surface area contributed by atoms with Crippen LogP contribution in [0.3, 0.4) is 0 Å². The van der Waals surface area contributed by atoms with Gasteiger partial charge < -0.3 is 9.84 Å². The summed E-state index contributed by atoms with van der Waals surface area (Å²) < 4.78 is 5.09. The van der Waals surface area contributed by atoms with Gasteiger partial charge in [0.15, 0.2) is 0 Å². The molecule has 1 unspecified atom stereocenters. The second-order valence-electron chi connectivity index (χ2n) is 4.34. The second-order valence-corrected chi connectivity index (χ2v) is 4.34. The van der Waals surface area contributed by atoms with E-state index in [1.54, 1.807) is 13.2 Å². The Labute approximate surface area is 97.6 Å². The molecule has 1 atom stereocenters. The SMILES string of the molecule is C=CCC(C)(O)CCc1ccc(OC)cc1. The summed E-state index contributed by atoms with van der Waals surface area (Å²) in [4.78, 5) is 0. The van der Waals surface area contributed by atoms with Gasteiger partial charge in [-0.05, 0) is 43.9 Å². The predicted octanol–water partition coefficient (Wildman–Crippen LogP) is 2.95. The van der Waals surface area contributed by atoms with Crippen molar-refractivity contribution < 1.29 is 9.84 Å². The van der Waals surface area contributed by atoms with E-state index in [2.05, 4.69) is 6.58 Å². The minimum Gasteiger partial charge on any atom is -0.497 e. The first kappa shape index (κ1) is 12.8. The van der Waals surface area contributed by atoms with E-state index in [0.29, 0.717) is 6.42 Å². The molecule has 0 aliphatic heterocycles. The molecule has 16 heavy (non-hydrogen) atoms. The molecule has 0 aliphatic carbocycles. The molecule has 0 fully saturated rings. The van der Waals surface area contributed by atoms with Crippen molar-refractivity contribution in [2.45, 2.75) is 31.8 Å². The van der Waals surface area contributed by atoms with E-state index in [4.69, 9.17) is 4.74 Å². The van der Waals surface area contributed by atoms with Crippen molar-refractivity contribution in [3.8, 4) is 5.75 Å². The topological polar surface area (TPSA) is 29.5 Å². The molecule has 0 aromatic heterocycles. The van der Waals surface area contributed by atoms with E-state index in [-0.39, 0.29) is 0 Å². The first-order chi connectivity index (χ1) is 7.57. The summed E-state index contributed by atoms with van der Waals surface area (Å²) in [5, 5.41) is 9.98. The van der Waals surface area contributed by atoms with Crippen molar-refractivity contribution in [3.63, 3.8) is 0 Å². The average Bonchev–Trinajstić information content (AvgIpc) is 2.27. The largest absolute Gasteiger partial charge is 0.497 e. The van der Waals surface area contributed by atoms with E-state index in [1.165, 1.54) is 5.56 Å². The highest BCUT2D eigenvalue weighted by Gasteiger charge is 2.17. The Hall–Kier alpha value is -1.28. The molecule has 0 saturated carbocycles. The van der Waals surface area contributed by atoms with Gasteiger partial charge in [-0.1, -0.05) is 18.2 Å². The Morgan fingerprint density at radius 3 is 2.50 bits per heavy atom. The highest BCUT2D eigenvalue weighted by molar-refractivity contribution is 5.27. The van der Waals surface area contributed by atoms with Crippen molar-refractivity contribution in [1.82, 2.24) is 0 Å². The van der Waals surface area contributed by atoms with Gasteiger partial charge in [0, 0.05) is 0 Å². The van der Waals surface area contributed by atoms with E-state index in [0.717, 1.165) is 18.6 Å². The molecule has 2 heteroatoms. The van der Waals surface area contributed by atoms with Gasteiger partial charge in [0.2, 0.25) is 0 Å². The number of aliphatic hydroxyl groups is 1. The summed E-state index contributed by atoms with van der Waals surface area (Å²) in [5.41, 5.74) is 0.562. The van der Waals surface area contributed by atoms with Gasteiger partial charge in [0.05, 0.1) is 12.7 Å². The summed E-state index contributed by atoms with van der Waals surface area (Å²) >= 11 is 0. The molecule has 88 valence electrons. The molecule has 0 bridgehead atoms. The molecule has 0 spiro atoms. The lowest BCUT2D eigenvalue weighted by atomic mass is 9.94. The van der Waals surface area contributed by atoms with Gasteiger partial charge in [-0.3, -0.25) is 0 Å². The summed E-state index contributed by atoms with van der Waals surface area (Å²) in [7, 11) is 1.66. The Morgan fingerprint density at radius 2 is 2.00 bits per heavy atom. The Balaban J connectivity index is 2.50. The van der Waals surface area contributed by atoms with Crippen molar-refractivity contribution in [3.05, 3.63) is 42.5 Å². The van der Waals surface area contributed by atoms with Gasteiger partial charge in [-0.25, -0.2) is 0 Å². The molecule has 1 rings (SSSR count). The summed E-state index contributed by atoms with van der Waals surface area (Å²) in [6.45, 7) is 5.49. The van der Waals surface area contributed by atoms with Crippen LogP contribution < -0.4 is 4.74 Å². The molecule has 2 nitrogen and oxygen atoms in total. The van der Waals surface area contributed by atoms with Crippen LogP contribution in [0.5, 0.6) is 5.75 Å². The van der Waals surface area contributed by atoms with Crippen LogP contribution in [0, 0.1) is 0 Å². The quantitative estimate of drug-likeness (QED) is 0.747. The van der Waals surface area contributed by atoms with E-state index < -0.39 is 5.60 Å². The lowest BCUT2D eigenvalue weighted by molar-refractivity contribution is 0.0544. The first-order valence-electron chi connectivity index (χ1n) is 5.53. The zero-order chi connectivity index (χ0) is 12.0. The third kappa shape index (κ3) is 4.07. The van der Waals surface area contributed by atoms with E-state index in [1.807, 2.05) is 31.2 Å². The highest BCUT2D eigenvalue weighted by atomic mass is 16.5. The molecule has 1 aromatic carbocycles. The van der Waals surface area contributed by atoms with Crippen LogP contribution in [0.4, 0.5) is 0 Å². The fourth-order valence-corrected chi connectivity index (χ4v) is 1.62. The number of hydrogen-bond donors (Lipinski definition) is 1. The summed E-state index contributed by atoms with van der Waals surface area (Å²) in [6.07, 6.45) is 3.99. The van der Waals surface area contributed by atoms with Crippen molar-refractivity contribution >= 4 is 0 Å². The maximum Gasteiger partial charge on any atom is 0.118 e. The van der Waals surface area contributed by atoms with Crippen molar-refractivity contribution in [1.29, 1.82) is 0 Å². The maximum absolute atomic E-state index is 9.98. The summed E-state index contributed by atoms with van der Waals surface area (Å²) in [6, 6.07) is 7.95.